The van der Waals surface area contributed by atoms with Gasteiger partial charge in [0.05, 0.1) is 29.3 Å². The maximum absolute atomic E-state index is 12.4. The molecule has 0 aliphatic carbocycles. The van der Waals surface area contributed by atoms with Crippen molar-refractivity contribution in [2.75, 3.05) is 18.9 Å². The Bertz CT molecular complexity index is 678. The zero-order chi connectivity index (χ0) is 17.7. The summed E-state index contributed by atoms with van der Waals surface area (Å²) in [7, 11) is 1.99. The third-order valence-electron chi connectivity index (χ3n) is 4.41. The largest absolute Gasteiger partial charge is 0.322 e. The molecule has 0 fully saturated rings. The van der Waals surface area contributed by atoms with Crippen LogP contribution in [0.25, 0.3) is 5.69 Å². The summed E-state index contributed by atoms with van der Waals surface area (Å²) in [5, 5.41) is 7.60. The van der Waals surface area contributed by atoms with Crippen molar-refractivity contribution in [2.24, 2.45) is 0 Å². The first-order chi connectivity index (χ1) is 11.4. The number of carbonyl (C=O) groups excluding carboxylic acids is 1. The van der Waals surface area contributed by atoms with Gasteiger partial charge in [0, 0.05) is 6.04 Å². The normalized spacial score (nSPS) is 12.4. The average molecular weight is 328 g/mol. The van der Waals surface area contributed by atoms with E-state index in [-0.39, 0.29) is 5.91 Å². The third kappa shape index (κ3) is 4.23. The van der Waals surface area contributed by atoms with E-state index >= 15 is 0 Å². The van der Waals surface area contributed by atoms with Crippen LogP contribution in [0.1, 0.15) is 38.1 Å². The molecule has 1 N–H and O–H groups in total. The van der Waals surface area contributed by atoms with Crippen LogP contribution < -0.4 is 5.32 Å². The zero-order valence-corrected chi connectivity index (χ0v) is 15.3. The topological polar surface area (TPSA) is 50.2 Å². The molecule has 0 aliphatic rings. The highest BCUT2D eigenvalue weighted by molar-refractivity contribution is 5.93. The molecule has 130 valence electrons. The molecule has 0 spiro atoms. The number of rotatable bonds is 7. The lowest BCUT2D eigenvalue weighted by Crippen LogP contribution is -2.36. The summed E-state index contributed by atoms with van der Waals surface area (Å²) in [5.41, 5.74) is 3.57. The Morgan fingerprint density at radius 1 is 1.29 bits per heavy atom. The van der Waals surface area contributed by atoms with Gasteiger partial charge in [-0.05, 0) is 46.4 Å². The predicted octanol–water partition coefficient (Wildman–Crippen LogP) is 3.55. The van der Waals surface area contributed by atoms with Gasteiger partial charge in [-0.3, -0.25) is 9.69 Å². The number of benzene rings is 1. The number of likely N-dealkylation sites (N-methyl/N-ethyl adjacent to an activating group) is 1. The monoisotopic (exact) mass is 328 g/mol. The summed E-state index contributed by atoms with van der Waals surface area (Å²) in [6.45, 7) is 8.60. The summed E-state index contributed by atoms with van der Waals surface area (Å²) in [4.78, 5) is 14.5. The molecular formula is C19H28N4O. The van der Waals surface area contributed by atoms with E-state index in [2.05, 4.69) is 29.2 Å². The van der Waals surface area contributed by atoms with Crippen LogP contribution in [0.3, 0.4) is 0 Å². The average Bonchev–Trinajstić information content (AvgIpc) is 2.84. The van der Waals surface area contributed by atoms with E-state index in [1.165, 1.54) is 0 Å². The van der Waals surface area contributed by atoms with Crippen molar-refractivity contribution in [3.05, 3.63) is 41.7 Å². The maximum Gasteiger partial charge on any atom is 0.238 e. The van der Waals surface area contributed by atoms with E-state index < -0.39 is 0 Å². The molecule has 2 aromatic rings. The Morgan fingerprint density at radius 2 is 1.96 bits per heavy atom. The Labute approximate surface area is 144 Å². The van der Waals surface area contributed by atoms with Gasteiger partial charge in [-0.25, -0.2) is 4.68 Å². The summed E-state index contributed by atoms with van der Waals surface area (Å²) < 4.78 is 1.87. The van der Waals surface area contributed by atoms with Crippen LogP contribution in [0.5, 0.6) is 0 Å². The van der Waals surface area contributed by atoms with Gasteiger partial charge in [-0.15, -0.1) is 0 Å². The molecule has 0 bridgehead atoms. The predicted molar refractivity (Wildman–Crippen MR) is 98.7 cm³/mol. The van der Waals surface area contributed by atoms with Gasteiger partial charge >= 0.3 is 0 Å². The second-order valence-electron chi connectivity index (χ2n) is 6.39. The van der Waals surface area contributed by atoms with Gasteiger partial charge in [-0.2, -0.15) is 5.10 Å². The number of amides is 1. The number of nitrogens with zero attached hydrogens (tertiary/aromatic N) is 3. The second kappa shape index (κ2) is 8.11. The molecule has 1 amide bonds. The van der Waals surface area contributed by atoms with Gasteiger partial charge in [0.25, 0.3) is 0 Å². The number of carbonyl (C=O) groups is 1. The number of hydrogen-bond acceptors (Lipinski definition) is 3. The summed E-state index contributed by atoms with van der Waals surface area (Å²) >= 11 is 0. The quantitative estimate of drug-likeness (QED) is 0.845. The Morgan fingerprint density at radius 3 is 2.58 bits per heavy atom. The van der Waals surface area contributed by atoms with Gasteiger partial charge in [-0.1, -0.05) is 31.5 Å². The highest BCUT2D eigenvalue weighted by Crippen LogP contribution is 2.22. The minimum Gasteiger partial charge on any atom is -0.322 e. The lowest BCUT2D eigenvalue weighted by Gasteiger charge is -2.23. The lowest BCUT2D eigenvalue weighted by atomic mass is 10.2. The van der Waals surface area contributed by atoms with E-state index in [0.717, 1.165) is 35.6 Å². The molecule has 5 nitrogen and oxygen atoms in total. The maximum atomic E-state index is 12.4. The minimum atomic E-state index is -0.000681. The molecule has 0 aliphatic heterocycles. The number of anilines is 1. The standard InChI is InChI=1S/C19H28N4O/c1-6-10-14(2)22(5)13-18(24)20-19-15(3)21-23(16(19)4)17-11-8-7-9-12-17/h7-9,11-12,14H,6,10,13H2,1-5H3,(H,20,24). The molecule has 24 heavy (non-hydrogen) atoms. The Hall–Kier alpha value is -2.14. The molecule has 1 heterocycles. The van der Waals surface area contributed by atoms with Crippen LogP contribution in [-0.4, -0.2) is 40.2 Å². The number of hydrogen-bond donors (Lipinski definition) is 1. The number of para-hydroxylation sites is 1. The van der Waals surface area contributed by atoms with Crippen LogP contribution in [0.15, 0.2) is 30.3 Å². The molecule has 1 aromatic heterocycles. The molecule has 2 rings (SSSR count). The van der Waals surface area contributed by atoms with E-state index in [0.29, 0.717) is 12.6 Å². The highest BCUT2D eigenvalue weighted by atomic mass is 16.2. The lowest BCUT2D eigenvalue weighted by molar-refractivity contribution is -0.117. The second-order valence-corrected chi connectivity index (χ2v) is 6.39. The molecule has 0 radical (unpaired) electrons. The molecule has 1 atom stereocenters. The summed E-state index contributed by atoms with van der Waals surface area (Å²) in [5.74, 6) is -0.000681. The van der Waals surface area contributed by atoms with Crippen molar-refractivity contribution in [1.82, 2.24) is 14.7 Å². The molecule has 5 heteroatoms. The zero-order valence-electron chi connectivity index (χ0n) is 15.3. The van der Waals surface area contributed by atoms with Crippen LogP contribution in [0, 0.1) is 13.8 Å². The first kappa shape index (κ1) is 18.2. The smallest absolute Gasteiger partial charge is 0.238 e. The molecule has 0 saturated heterocycles. The fraction of sp³-hybridized carbons (Fsp3) is 0.474. The van der Waals surface area contributed by atoms with Crippen molar-refractivity contribution in [3.8, 4) is 5.69 Å². The summed E-state index contributed by atoms with van der Waals surface area (Å²) in [6, 6.07) is 10.3. The van der Waals surface area contributed by atoms with Gasteiger partial charge in [0.1, 0.15) is 0 Å². The van der Waals surface area contributed by atoms with E-state index in [1.54, 1.807) is 0 Å². The molecule has 1 aromatic carbocycles. The number of aromatic nitrogens is 2. The third-order valence-corrected chi connectivity index (χ3v) is 4.41. The van der Waals surface area contributed by atoms with E-state index in [4.69, 9.17) is 0 Å². The molecular weight excluding hydrogens is 300 g/mol. The number of nitrogens with one attached hydrogen (secondary N) is 1. The molecule has 1 unspecified atom stereocenters. The van der Waals surface area contributed by atoms with Crippen LogP contribution in [0.4, 0.5) is 5.69 Å². The van der Waals surface area contributed by atoms with Crippen molar-refractivity contribution < 1.29 is 4.79 Å². The van der Waals surface area contributed by atoms with Crippen molar-refractivity contribution >= 4 is 11.6 Å². The van der Waals surface area contributed by atoms with Gasteiger partial charge < -0.3 is 5.32 Å². The Kier molecular flexibility index (Phi) is 6.15. The SMILES string of the molecule is CCCC(C)N(C)CC(=O)Nc1c(C)nn(-c2ccccc2)c1C. The van der Waals surface area contributed by atoms with Crippen LogP contribution >= 0.6 is 0 Å². The van der Waals surface area contributed by atoms with E-state index in [1.807, 2.05) is 55.9 Å². The van der Waals surface area contributed by atoms with Gasteiger partial charge in [0.2, 0.25) is 5.91 Å². The number of aryl methyl sites for hydroxylation is 1. The van der Waals surface area contributed by atoms with Crippen LogP contribution in [-0.2, 0) is 4.79 Å². The van der Waals surface area contributed by atoms with Gasteiger partial charge in [0.15, 0.2) is 0 Å². The van der Waals surface area contributed by atoms with Crippen LogP contribution in [0.2, 0.25) is 0 Å². The van der Waals surface area contributed by atoms with Crippen molar-refractivity contribution in [2.45, 2.75) is 46.6 Å². The first-order valence-electron chi connectivity index (χ1n) is 8.55. The fourth-order valence-corrected chi connectivity index (χ4v) is 2.84. The van der Waals surface area contributed by atoms with E-state index in [9.17, 15) is 4.79 Å². The minimum absolute atomic E-state index is 0.000681. The summed E-state index contributed by atoms with van der Waals surface area (Å²) in [6.07, 6.45) is 2.21. The fourth-order valence-electron chi connectivity index (χ4n) is 2.84. The molecule has 0 saturated carbocycles. The van der Waals surface area contributed by atoms with Crippen molar-refractivity contribution in [3.63, 3.8) is 0 Å². The first-order valence-corrected chi connectivity index (χ1v) is 8.55. The Balaban J connectivity index is 2.10. The highest BCUT2D eigenvalue weighted by Gasteiger charge is 2.17. The van der Waals surface area contributed by atoms with Crippen molar-refractivity contribution in [1.29, 1.82) is 0 Å².